The lowest BCUT2D eigenvalue weighted by atomic mass is 9.99. The summed E-state index contributed by atoms with van der Waals surface area (Å²) in [7, 11) is 0. The molecule has 0 spiro atoms. The van der Waals surface area contributed by atoms with Crippen LogP contribution >= 0.6 is 23.4 Å². The van der Waals surface area contributed by atoms with Gasteiger partial charge in [0.25, 0.3) is 5.56 Å². The van der Waals surface area contributed by atoms with Crippen molar-refractivity contribution in [2.75, 3.05) is 0 Å². The predicted molar refractivity (Wildman–Crippen MR) is 94.5 cm³/mol. The Balaban J connectivity index is 2.12. The lowest BCUT2D eigenvalue weighted by Gasteiger charge is -2.22. The predicted octanol–water partition coefficient (Wildman–Crippen LogP) is 4.23. The van der Waals surface area contributed by atoms with Gasteiger partial charge in [-0.05, 0) is 44.9 Å². The van der Waals surface area contributed by atoms with Crippen LogP contribution in [0, 0.1) is 0 Å². The zero-order valence-corrected chi connectivity index (χ0v) is 14.8. The zero-order valence-electron chi connectivity index (χ0n) is 13.2. The largest absolute Gasteiger partial charge is 0.298 e. The van der Waals surface area contributed by atoms with Crippen molar-refractivity contribution in [3.63, 3.8) is 0 Å². The van der Waals surface area contributed by atoms with Crippen molar-refractivity contribution in [3.8, 4) is 0 Å². The molecule has 1 saturated carbocycles. The molecule has 6 heteroatoms. The first-order valence-electron chi connectivity index (χ1n) is 7.88. The number of hydrogen-bond acceptors (Lipinski definition) is 4. The second-order valence-electron chi connectivity index (χ2n) is 6.14. The molecule has 23 heavy (non-hydrogen) atoms. The van der Waals surface area contributed by atoms with Crippen molar-refractivity contribution in [2.45, 2.75) is 56.0 Å². The van der Waals surface area contributed by atoms with Crippen LogP contribution in [0.2, 0.25) is 5.02 Å². The number of carbonyl (C=O) groups excluding carboxylic acids is 1. The Morgan fingerprint density at radius 1 is 1.30 bits per heavy atom. The third kappa shape index (κ3) is 3.31. The minimum Gasteiger partial charge on any atom is -0.298 e. The fourth-order valence-corrected chi connectivity index (χ4v) is 4.41. The van der Waals surface area contributed by atoms with E-state index < -0.39 is 0 Å². The highest BCUT2D eigenvalue weighted by Crippen LogP contribution is 2.32. The molecule has 0 aliphatic heterocycles. The molecule has 2 aromatic rings. The van der Waals surface area contributed by atoms with E-state index in [0.29, 0.717) is 27.5 Å². The van der Waals surface area contributed by atoms with Gasteiger partial charge in [0.15, 0.2) is 5.16 Å². The third-order valence-electron chi connectivity index (χ3n) is 4.09. The summed E-state index contributed by atoms with van der Waals surface area (Å²) in [6, 6.07) is 5.10. The number of carbonyl (C=O) groups is 1. The van der Waals surface area contributed by atoms with E-state index in [1.807, 2.05) is 13.8 Å². The number of rotatable bonds is 3. The lowest BCUT2D eigenvalue weighted by molar-refractivity contribution is -0.119. The van der Waals surface area contributed by atoms with Gasteiger partial charge in [-0.25, -0.2) is 4.98 Å². The Morgan fingerprint density at radius 2 is 2.09 bits per heavy atom. The number of Topliss-reactive ketones (excluding diaryl/α,β-unsaturated/α-hetero) is 1. The molecule has 0 radical (unpaired) electrons. The molecule has 1 aromatic carbocycles. The Bertz CT molecular complexity index is 816. The van der Waals surface area contributed by atoms with Crippen molar-refractivity contribution >= 4 is 40.0 Å². The summed E-state index contributed by atoms with van der Waals surface area (Å²) < 4.78 is 1.68. The molecule has 1 heterocycles. The second kappa shape index (κ2) is 6.65. The monoisotopic (exact) mass is 350 g/mol. The average molecular weight is 351 g/mol. The number of aromatic nitrogens is 2. The van der Waals surface area contributed by atoms with Gasteiger partial charge in [-0.2, -0.15) is 0 Å². The average Bonchev–Trinajstić information content (AvgIpc) is 2.49. The molecule has 0 amide bonds. The molecule has 0 bridgehead atoms. The minimum absolute atomic E-state index is 0.0173. The number of ketones is 1. The SMILES string of the molecule is CC(C)n1c(S[C@H]2CCCCC2=O)nc2cc(Cl)ccc2c1=O. The first kappa shape index (κ1) is 16.5. The van der Waals surface area contributed by atoms with E-state index in [2.05, 4.69) is 4.98 Å². The van der Waals surface area contributed by atoms with Gasteiger partial charge in [-0.3, -0.25) is 14.2 Å². The number of hydrogen-bond donors (Lipinski definition) is 0. The van der Waals surface area contributed by atoms with Crippen molar-refractivity contribution < 1.29 is 4.79 Å². The highest BCUT2D eigenvalue weighted by Gasteiger charge is 2.26. The summed E-state index contributed by atoms with van der Waals surface area (Å²) >= 11 is 7.45. The highest BCUT2D eigenvalue weighted by molar-refractivity contribution is 8.00. The van der Waals surface area contributed by atoms with E-state index in [0.717, 1.165) is 19.3 Å². The van der Waals surface area contributed by atoms with Crippen LogP contribution in [0.3, 0.4) is 0 Å². The standard InChI is InChI=1S/C17H19ClN2O2S/c1-10(2)20-16(22)12-8-7-11(18)9-13(12)19-17(20)23-15-6-4-3-5-14(15)21/h7-10,15H,3-6H2,1-2H3/t15-/m0/s1. The minimum atomic E-state index is -0.0997. The molecular weight excluding hydrogens is 332 g/mol. The smallest absolute Gasteiger partial charge is 0.262 e. The van der Waals surface area contributed by atoms with Gasteiger partial charge >= 0.3 is 0 Å². The van der Waals surface area contributed by atoms with Gasteiger partial charge in [-0.15, -0.1) is 0 Å². The molecule has 1 aromatic heterocycles. The topological polar surface area (TPSA) is 52.0 Å². The summed E-state index contributed by atoms with van der Waals surface area (Å²) in [6.07, 6.45) is 3.50. The molecule has 122 valence electrons. The van der Waals surface area contributed by atoms with Gasteiger partial charge in [0.05, 0.1) is 16.2 Å². The first-order chi connectivity index (χ1) is 11.0. The molecule has 1 atom stereocenters. The maximum atomic E-state index is 12.8. The fraction of sp³-hybridized carbons (Fsp3) is 0.471. The lowest BCUT2D eigenvalue weighted by Crippen LogP contribution is -2.28. The van der Waals surface area contributed by atoms with E-state index in [1.54, 1.807) is 22.8 Å². The number of benzene rings is 1. The van der Waals surface area contributed by atoms with Gasteiger partial charge in [0.1, 0.15) is 5.78 Å². The molecule has 1 fully saturated rings. The van der Waals surface area contributed by atoms with Crippen molar-refractivity contribution in [1.29, 1.82) is 0 Å². The summed E-state index contributed by atoms with van der Waals surface area (Å²) in [6.45, 7) is 3.91. The maximum Gasteiger partial charge on any atom is 0.262 e. The van der Waals surface area contributed by atoms with Gasteiger partial charge in [0, 0.05) is 17.5 Å². The number of nitrogens with zero attached hydrogens (tertiary/aromatic N) is 2. The Labute approximate surface area is 144 Å². The molecule has 1 aliphatic rings. The van der Waals surface area contributed by atoms with Crippen LogP contribution in [-0.4, -0.2) is 20.6 Å². The van der Waals surface area contributed by atoms with Crippen LogP contribution < -0.4 is 5.56 Å². The van der Waals surface area contributed by atoms with Crippen LogP contribution in [-0.2, 0) is 4.79 Å². The normalized spacial score (nSPS) is 18.8. The summed E-state index contributed by atoms with van der Waals surface area (Å²) in [5.74, 6) is 0.261. The quantitative estimate of drug-likeness (QED) is 0.777. The first-order valence-corrected chi connectivity index (χ1v) is 9.14. The fourth-order valence-electron chi connectivity index (χ4n) is 2.89. The van der Waals surface area contributed by atoms with Crippen molar-refractivity contribution in [3.05, 3.63) is 33.6 Å². The third-order valence-corrected chi connectivity index (χ3v) is 5.61. The van der Waals surface area contributed by atoms with Crippen LogP contribution in [0.25, 0.3) is 10.9 Å². The van der Waals surface area contributed by atoms with Crippen molar-refractivity contribution in [1.82, 2.24) is 9.55 Å². The van der Waals surface area contributed by atoms with Crippen LogP contribution in [0.1, 0.15) is 45.6 Å². The number of thioether (sulfide) groups is 1. The van der Waals surface area contributed by atoms with Gasteiger partial charge < -0.3 is 0 Å². The summed E-state index contributed by atoms with van der Waals surface area (Å²) in [4.78, 5) is 29.6. The summed E-state index contributed by atoms with van der Waals surface area (Å²) in [5, 5.41) is 1.62. The van der Waals surface area contributed by atoms with E-state index in [-0.39, 0.29) is 22.6 Å². The van der Waals surface area contributed by atoms with Gasteiger partial charge in [0.2, 0.25) is 0 Å². The van der Waals surface area contributed by atoms with E-state index in [4.69, 9.17) is 11.6 Å². The van der Waals surface area contributed by atoms with E-state index in [1.165, 1.54) is 11.8 Å². The molecular formula is C17H19ClN2O2S. The Hall–Kier alpha value is -1.33. The second-order valence-corrected chi connectivity index (χ2v) is 7.75. The highest BCUT2D eigenvalue weighted by atomic mass is 35.5. The molecule has 0 unspecified atom stereocenters. The number of fused-ring (bicyclic) bond motifs is 1. The summed E-state index contributed by atoms with van der Waals surface area (Å²) in [5.41, 5.74) is 0.512. The number of halogens is 1. The molecule has 4 nitrogen and oxygen atoms in total. The molecule has 0 saturated heterocycles. The maximum absolute atomic E-state index is 12.8. The van der Waals surface area contributed by atoms with Gasteiger partial charge in [-0.1, -0.05) is 29.8 Å². The van der Waals surface area contributed by atoms with Crippen LogP contribution in [0.4, 0.5) is 0 Å². The zero-order chi connectivity index (χ0) is 16.6. The van der Waals surface area contributed by atoms with Crippen LogP contribution in [0.5, 0.6) is 0 Å². The van der Waals surface area contributed by atoms with Crippen molar-refractivity contribution in [2.24, 2.45) is 0 Å². The molecule has 1 aliphatic carbocycles. The Morgan fingerprint density at radius 3 is 2.78 bits per heavy atom. The van der Waals surface area contributed by atoms with Crippen LogP contribution in [0.15, 0.2) is 28.2 Å². The molecule has 0 N–H and O–H groups in total. The van der Waals surface area contributed by atoms with E-state index in [9.17, 15) is 9.59 Å². The van der Waals surface area contributed by atoms with E-state index >= 15 is 0 Å². The Kier molecular flexibility index (Phi) is 4.78. The molecule has 3 rings (SSSR count).